The number of hydrogen-bond donors (Lipinski definition) is 0. The second-order valence-corrected chi connectivity index (χ2v) is 3.64. The van der Waals surface area contributed by atoms with Crippen molar-refractivity contribution in [2.75, 3.05) is 6.61 Å². The van der Waals surface area contributed by atoms with Gasteiger partial charge < -0.3 is 4.43 Å². The maximum atomic E-state index is 5.33. The summed E-state index contributed by atoms with van der Waals surface area (Å²) in [5, 5.41) is 0. The zero-order chi connectivity index (χ0) is 8.53. The molecule has 0 unspecified atom stereocenters. The average molecular weight is 168 g/mol. The molecule has 0 aliphatic rings. The predicted molar refractivity (Wildman–Crippen MR) is 50.8 cm³/mol. The van der Waals surface area contributed by atoms with Gasteiger partial charge in [-0.25, -0.2) is 0 Å². The topological polar surface area (TPSA) is 9.23 Å². The second kappa shape index (κ2) is 7.76. The van der Waals surface area contributed by atoms with Crippen molar-refractivity contribution in [2.24, 2.45) is 0 Å². The summed E-state index contributed by atoms with van der Waals surface area (Å²) in [7, 11) is 0.594. The van der Waals surface area contributed by atoms with E-state index in [2.05, 4.69) is 13.2 Å². The largest absolute Gasteiger partial charge is 0.417 e. The third-order valence-electron chi connectivity index (χ3n) is 1.30. The molecule has 0 amide bonds. The molecule has 0 saturated heterocycles. The lowest BCUT2D eigenvalue weighted by Gasteiger charge is -2.09. The van der Waals surface area contributed by atoms with Gasteiger partial charge in [0.2, 0.25) is 9.76 Å². The maximum absolute atomic E-state index is 5.33. The van der Waals surface area contributed by atoms with Crippen LogP contribution in [0.2, 0.25) is 5.54 Å². The lowest BCUT2D eigenvalue weighted by molar-refractivity contribution is 0.352. The highest BCUT2D eigenvalue weighted by molar-refractivity contribution is 6.29. The minimum absolute atomic E-state index is 0.594. The molecule has 2 heteroatoms. The molecule has 0 atom stereocenters. The van der Waals surface area contributed by atoms with Gasteiger partial charge in [0.05, 0.1) is 0 Å². The maximum Gasteiger partial charge on any atom is 0.233 e. The van der Waals surface area contributed by atoms with Crippen LogP contribution >= 0.6 is 0 Å². The number of rotatable bonds is 7. The highest BCUT2D eigenvalue weighted by Gasteiger charge is 2.06. The molecule has 0 aromatic heterocycles. The highest BCUT2D eigenvalue weighted by Crippen LogP contribution is 2.15. The first-order chi connectivity index (χ1) is 5.35. The van der Waals surface area contributed by atoms with E-state index in [0.29, 0.717) is 15.3 Å². The Morgan fingerprint density at radius 3 is 2.27 bits per heavy atom. The van der Waals surface area contributed by atoms with E-state index in [-0.39, 0.29) is 0 Å². The fraction of sp³-hybridized carbons (Fsp3) is 0.556. The van der Waals surface area contributed by atoms with Crippen LogP contribution in [0.1, 0.15) is 19.8 Å². The monoisotopic (exact) mass is 168 g/mol. The molecule has 0 aliphatic carbocycles. The van der Waals surface area contributed by atoms with Crippen molar-refractivity contribution in [3.8, 4) is 0 Å². The van der Waals surface area contributed by atoms with Crippen molar-refractivity contribution in [2.45, 2.75) is 25.3 Å². The van der Waals surface area contributed by atoms with E-state index in [9.17, 15) is 0 Å². The van der Waals surface area contributed by atoms with Crippen LogP contribution in [0, 0.1) is 0 Å². The molecular weight excluding hydrogens is 152 g/mol. The molecule has 0 aromatic rings. The molecular formula is C9H16OSi. The SMILES string of the molecule is C=CCC(CC=C)[Si]OCC. The molecule has 62 valence electrons. The summed E-state index contributed by atoms with van der Waals surface area (Å²) in [5.74, 6) is 0. The standard InChI is InChI=1S/C9H16OSi/c1-4-7-9(8-5-2)11-10-6-3/h4-5,9H,1-2,6-8H2,3H3. The molecule has 0 bridgehead atoms. The van der Waals surface area contributed by atoms with Gasteiger partial charge in [-0.3, -0.25) is 0 Å². The van der Waals surface area contributed by atoms with Crippen molar-refractivity contribution in [3.63, 3.8) is 0 Å². The van der Waals surface area contributed by atoms with E-state index in [1.54, 1.807) is 0 Å². The summed E-state index contributed by atoms with van der Waals surface area (Å²) in [6.07, 6.45) is 5.95. The van der Waals surface area contributed by atoms with Crippen LogP contribution in [0.15, 0.2) is 25.3 Å². The molecule has 0 saturated carbocycles. The summed E-state index contributed by atoms with van der Waals surface area (Å²) >= 11 is 0. The van der Waals surface area contributed by atoms with Gasteiger partial charge in [-0.1, -0.05) is 12.2 Å². The van der Waals surface area contributed by atoms with Crippen LogP contribution in [0.25, 0.3) is 0 Å². The van der Waals surface area contributed by atoms with Gasteiger partial charge in [0.25, 0.3) is 0 Å². The van der Waals surface area contributed by atoms with E-state index in [0.717, 1.165) is 19.4 Å². The van der Waals surface area contributed by atoms with E-state index in [1.807, 2.05) is 19.1 Å². The minimum atomic E-state index is 0.594. The molecule has 0 N–H and O–H groups in total. The van der Waals surface area contributed by atoms with Crippen LogP contribution in [0.5, 0.6) is 0 Å². The summed E-state index contributed by atoms with van der Waals surface area (Å²) in [6.45, 7) is 10.2. The third kappa shape index (κ3) is 6.07. The minimum Gasteiger partial charge on any atom is -0.417 e. The zero-order valence-corrected chi connectivity index (χ0v) is 8.18. The summed E-state index contributed by atoms with van der Waals surface area (Å²) in [5.41, 5.74) is 0.602. The van der Waals surface area contributed by atoms with Gasteiger partial charge in [0.1, 0.15) is 0 Å². The molecule has 11 heavy (non-hydrogen) atoms. The Hall–Kier alpha value is -0.343. The van der Waals surface area contributed by atoms with Crippen LogP contribution in [0.4, 0.5) is 0 Å². The molecule has 0 fully saturated rings. The van der Waals surface area contributed by atoms with Crippen molar-refractivity contribution < 1.29 is 4.43 Å². The second-order valence-electron chi connectivity index (χ2n) is 2.30. The van der Waals surface area contributed by atoms with E-state index < -0.39 is 0 Å². The fourth-order valence-electron chi connectivity index (χ4n) is 0.796. The Balaban J connectivity index is 3.49. The molecule has 0 rings (SSSR count). The summed E-state index contributed by atoms with van der Waals surface area (Å²) in [4.78, 5) is 0. The molecule has 0 heterocycles. The Morgan fingerprint density at radius 2 is 1.91 bits per heavy atom. The Kier molecular flexibility index (Phi) is 7.52. The van der Waals surface area contributed by atoms with Crippen molar-refractivity contribution in [1.82, 2.24) is 0 Å². The Labute approximate surface area is 72.1 Å². The molecule has 0 aromatic carbocycles. The van der Waals surface area contributed by atoms with E-state index >= 15 is 0 Å². The van der Waals surface area contributed by atoms with Crippen LogP contribution < -0.4 is 0 Å². The predicted octanol–water partition coefficient (Wildman–Crippen LogP) is 2.58. The molecule has 0 aliphatic heterocycles. The zero-order valence-electron chi connectivity index (χ0n) is 7.18. The smallest absolute Gasteiger partial charge is 0.233 e. The Bertz CT molecular complexity index is 102. The lowest BCUT2D eigenvalue weighted by atomic mass is 10.2. The van der Waals surface area contributed by atoms with Gasteiger partial charge in [0.15, 0.2) is 0 Å². The first kappa shape index (κ1) is 10.7. The van der Waals surface area contributed by atoms with Gasteiger partial charge in [-0.2, -0.15) is 0 Å². The summed E-state index contributed by atoms with van der Waals surface area (Å²) in [6, 6.07) is 0. The van der Waals surface area contributed by atoms with Crippen molar-refractivity contribution >= 4 is 9.76 Å². The average Bonchev–Trinajstić information content (AvgIpc) is 2.01. The van der Waals surface area contributed by atoms with Crippen molar-refractivity contribution in [1.29, 1.82) is 0 Å². The molecule has 1 nitrogen and oxygen atoms in total. The van der Waals surface area contributed by atoms with Crippen LogP contribution in [-0.4, -0.2) is 16.4 Å². The molecule has 2 radical (unpaired) electrons. The van der Waals surface area contributed by atoms with Crippen LogP contribution in [0.3, 0.4) is 0 Å². The quantitative estimate of drug-likeness (QED) is 0.419. The fourth-order valence-corrected chi connectivity index (χ4v) is 1.72. The van der Waals surface area contributed by atoms with Gasteiger partial charge in [0, 0.05) is 6.61 Å². The highest BCUT2D eigenvalue weighted by atomic mass is 28.2. The number of hydrogen-bond acceptors (Lipinski definition) is 1. The first-order valence-electron chi connectivity index (χ1n) is 3.94. The first-order valence-corrected chi connectivity index (χ1v) is 4.92. The lowest BCUT2D eigenvalue weighted by Crippen LogP contribution is -2.06. The Morgan fingerprint density at radius 1 is 1.36 bits per heavy atom. The number of allylic oxidation sites excluding steroid dienone is 2. The van der Waals surface area contributed by atoms with Crippen LogP contribution in [-0.2, 0) is 4.43 Å². The normalized spacial score (nSPS) is 10.0. The molecule has 0 spiro atoms. The van der Waals surface area contributed by atoms with Gasteiger partial charge in [-0.15, -0.1) is 13.2 Å². The van der Waals surface area contributed by atoms with Crippen molar-refractivity contribution in [3.05, 3.63) is 25.3 Å². The summed E-state index contributed by atoms with van der Waals surface area (Å²) < 4.78 is 5.33. The van der Waals surface area contributed by atoms with Gasteiger partial charge >= 0.3 is 0 Å². The van der Waals surface area contributed by atoms with E-state index in [4.69, 9.17) is 4.43 Å². The third-order valence-corrected chi connectivity index (χ3v) is 2.56. The van der Waals surface area contributed by atoms with Gasteiger partial charge in [-0.05, 0) is 25.3 Å². The van der Waals surface area contributed by atoms with E-state index in [1.165, 1.54) is 0 Å².